The van der Waals surface area contributed by atoms with E-state index in [0.29, 0.717) is 18.0 Å². The van der Waals surface area contributed by atoms with Gasteiger partial charge in [-0.15, -0.1) is 0 Å². The van der Waals surface area contributed by atoms with Gasteiger partial charge in [0.05, 0.1) is 25.5 Å². The zero-order valence-electron chi connectivity index (χ0n) is 13.1. The standard InChI is InChI=1S/C15H18N4O4/c1-4-19-8-10(12(18-19)14(16)20)17-15(21)9-6-5-7-11(22-2)13(9)23-3/h5-8H,4H2,1-3H3,(H2,16,20)(H,17,21). The van der Waals surface area contributed by atoms with Gasteiger partial charge in [0.1, 0.15) is 0 Å². The summed E-state index contributed by atoms with van der Waals surface area (Å²) in [6.45, 7) is 2.40. The van der Waals surface area contributed by atoms with Crippen LogP contribution in [0.5, 0.6) is 11.5 Å². The van der Waals surface area contributed by atoms with Gasteiger partial charge in [-0.2, -0.15) is 5.10 Å². The Kier molecular flexibility index (Phi) is 4.85. The van der Waals surface area contributed by atoms with Crippen LogP contribution in [0.3, 0.4) is 0 Å². The van der Waals surface area contributed by atoms with E-state index in [4.69, 9.17) is 15.2 Å². The number of aromatic nitrogens is 2. The molecule has 0 atom stereocenters. The summed E-state index contributed by atoms with van der Waals surface area (Å²) in [4.78, 5) is 23.9. The maximum atomic E-state index is 12.5. The molecule has 1 aromatic carbocycles. The summed E-state index contributed by atoms with van der Waals surface area (Å²) in [5.41, 5.74) is 5.80. The molecular weight excluding hydrogens is 300 g/mol. The number of nitrogens with two attached hydrogens (primary N) is 1. The van der Waals surface area contributed by atoms with E-state index in [2.05, 4.69) is 10.4 Å². The number of benzene rings is 1. The summed E-state index contributed by atoms with van der Waals surface area (Å²) < 4.78 is 11.9. The van der Waals surface area contributed by atoms with Crippen molar-refractivity contribution in [2.75, 3.05) is 19.5 Å². The highest BCUT2D eigenvalue weighted by Crippen LogP contribution is 2.31. The number of para-hydroxylation sites is 1. The molecule has 0 aliphatic rings. The number of aryl methyl sites for hydroxylation is 1. The van der Waals surface area contributed by atoms with Crippen LogP contribution in [0, 0.1) is 0 Å². The van der Waals surface area contributed by atoms with Gasteiger partial charge in [-0.1, -0.05) is 6.07 Å². The van der Waals surface area contributed by atoms with E-state index in [1.165, 1.54) is 18.9 Å². The molecular formula is C15H18N4O4. The molecule has 8 nitrogen and oxygen atoms in total. The van der Waals surface area contributed by atoms with Crippen LogP contribution in [-0.2, 0) is 6.54 Å². The van der Waals surface area contributed by atoms with Crippen molar-refractivity contribution in [1.82, 2.24) is 9.78 Å². The molecule has 0 fully saturated rings. The average molecular weight is 318 g/mol. The average Bonchev–Trinajstić information content (AvgIpc) is 2.97. The summed E-state index contributed by atoms with van der Waals surface area (Å²) in [6, 6.07) is 4.94. The third kappa shape index (κ3) is 3.25. The molecule has 0 unspecified atom stereocenters. The third-order valence-electron chi connectivity index (χ3n) is 3.21. The molecule has 0 bridgehead atoms. The van der Waals surface area contributed by atoms with Crippen LogP contribution in [0.4, 0.5) is 5.69 Å². The Bertz CT molecular complexity index is 739. The smallest absolute Gasteiger partial charge is 0.271 e. The normalized spacial score (nSPS) is 10.2. The molecule has 0 spiro atoms. The molecule has 2 rings (SSSR count). The van der Waals surface area contributed by atoms with Crippen molar-refractivity contribution in [3.63, 3.8) is 0 Å². The summed E-state index contributed by atoms with van der Waals surface area (Å²) in [5.74, 6) is -0.445. The highest BCUT2D eigenvalue weighted by molar-refractivity contribution is 6.09. The number of nitrogens with one attached hydrogen (secondary N) is 1. The van der Waals surface area contributed by atoms with Crippen molar-refractivity contribution < 1.29 is 19.1 Å². The molecule has 0 aliphatic heterocycles. The molecule has 1 heterocycles. The van der Waals surface area contributed by atoms with E-state index in [-0.39, 0.29) is 16.9 Å². The molecule has 0 radical (unpaired) electrons. The second kappa shape index (κ2) is 6.82. The molecule has 0 saturated carbocycles. The summed E-state index contributed by atoms with van der Waals surface area (Å²) in [6.07, 6.45) is 1.55. The number of nitrogens with zero attached hydrogens (tertiary/aromatic N) is 2. The maximum absolute atomic E-state index is 12.5. The lowest BCUT2D eigenvalue weighted by Gasteiger charge is -2.12. The van der Waals surface area contributed by atoms with Crippen molar-refractivity contribution in [3.8, 4) is 11.5 Å². The molecule has 23 heavy (non-hydrogen) atoms. The highest BCUT2D eigenvalue weighted by Gasteiger charge is 2.20. The van der Waals surface area contributed by atoms with E-state index in [9.17, 15) is 9.59 Å². The van der Waals surface area contributed by atoms with Gasteiger partial charge in [-0.3, -0.25) is 14.3 Å². The van der Waals surface area contributed by atoms with Crippen molar-refractivity contribution in [2.45, 2.75) is 13.5 Å². The molecule has 0 aliphatic carbocycles. The van der Waals surface area contributed by atoms with Gasteiger partial charge in [0.15, 0.2) is 17.2 Å². The van der Waals surface area contributed by atoms with Crippen molar-refractivity contribution in [3.05, 3.63) is 35.7 Å². The van der Waals surface area contributed by atoms with E-state index < -0.39 is 11.8 Å². The Morgan fingerprint density at radius 1 is 1.30 bits per heavy atom. The number of methoxy groups -OCH3 is 2. The number of hydrogen-bond acceptors (Lipinski definition) is 5. The Hall–Kier alpha value is -3.03. The lowest BCUT2D eigenvalue weighted by molar-refractivity contribution is 0.0995. The zero-order valence-corrected chi connectivity index (χ0v) is 13.1. The second-order valence-corrected chi connectivity index (χ2v) is 4.61. The van der Waals surface area contributed by atoms with Gasteiger partial charge in [-0.05, 0) is 19.1 Å². The minimum atomic E-state index is -0.717. The first kappa shape index (κ1) is 16.3. The molecule has 122 valence electrons. The van der Waals surface area contributed by atoms with E-state index in [1.807, 2.05) is 6.92 Å². The van der Waals surface area contributed by atoms with Crippen LogP contribution < -0.4 is 20.5 Å². The second-order valence-electron chi connectivity index (χ2n) is 4.61. The third-order valence-corrected chi connectivity index (χ3v) is 3.21. The van der Waals surface area contributed by atoms with Gasteiger partial charge < -0.3 is 20.5 Å². The minimum absolute atomic E-state index is 0.00191. The quantitative estimate of drug-likeness (QED) is 0.834. The summed E-state index contributed by atoms with van der Waals surface area (Å²) in [7, 11) is 2.93. The van der Waals surface area contributed by atoms with E-state index in [1.54, 1.807) is 24.4 Å². The fourth-order valence-electron chi connectivity index (χ4n) is 2.11. The summed E-state index contributed by atoms with van der Waals surface area (Å²) >= 11 is 0. The zero-order chi connectivity index (χ0) is 17.0. The Morgan fingerprint density at radius 2 is 2.04 bits per heavy atom. The van der Waals surface area contributed by atoms with Gasteiger partial charge >= 0.3 is 0 Å². The first-order valence-electron chi connectivity index (χ1n) is 6.91. The number of hydrogen-bond donors (Lipinski definition) is 2. The van der Waals surface area contributed by atoms with Gasteiger partial charge in [-0.25, -0.2) is 0 Å². The van der Waals surface area contributed by atoms with Gasteiger partial charge in [0.25, 0.3) is 11.8 Å². The summed E-state index contributed by atoms with van der Waals surface area (Å²) in [5, 5.41) is 6.65. The van der Waals surface area contributed by atoms with Crippen molar-refractivity contribution >= 4 is 17.5 Å². The van der Waals surface area contributed by atoms with E-state index >= 15 is 0 Å². The Morgan fingerprint density at radius 3 is 2.61 bits per heavy atom. The lowest BCUT2D eigenvalue weighted by atomic mass is 10.1. The SMILES string of the molecule is CCn1cc(NC(=O)c2cccc(OC)c2OC)c(C(N)=O)n1. The van der Waals surface area contributed by atoms with Gasteiger partial charge in [0.2, 0.25) is 0 Å². The molecule has 8 heteroatoms. The molecule has 0 saturated heterocycles. The van der Waals surface area contributed by atoms with Crippen LogP contribution in [-0.4, -0.2) is 35.8 Å². The number of amides is 2. The number of ether oxygens (including phenoxy) is 2. The minimum Gasteiger partial charge on any atom is -0.493 e. The van der Waals surface area contributed by atoms with Crippen LogP contribution in [0.25, 0.3) is 0 Å². The van der Waals surface area contributed by atoms with Crippen molar-refractivity contribution in [2.24, 2.45) is 5.73 Å². The van der Waals surface area contributed by atoms with Crippen molar-refractivity contribution in [1.29, 1.82) is 0 Å². The predicted octanol–water partition coefficient (Wildman–Crippen LogP) is 1.27. The largest absolute Gasteiger partial charge is 0.493 e. The first-order chi connectivity index (χ1) is 11.0. The Labute approximate surface area is 133 Å². The van der Waals surface area contributed by atoms with Crippen LogP contribution in [0.2, 0.25) is 0 Å². The topological polar surface area (TPSA) is 108 Å². The molecule has 2 aromatic rings. The molecule has 3 N–H and O–H groups in total. The van der Waals surface area contributed by atoms with Crippen LogP contribution in [0.1, 0.15) is 27.8 Å². The fraction of sp³-hybridized carbons (Fsp3) is 0.267. The van der Waals surface area contributed by atoms with Crippen LogP contribution in [0.15, 0.2) is 24.4 Å². The Balaban J connectivity index is 2.37. The number of carbonyl (C=O) groups is 2. The fourth-order valence-corrected chi connectivity index (χ4v) is 2.11. The highest BCUT2D eigenvalue weighted by atomic mass is 16.5. The maximum Gasteiger partial charge on any atom is 0.271 e. The van der Waals surface area contributed by atoms with Gasteiger partial charge in [0, 0.05) is 12.7 Å². The predicted molar refractivity (Wildman–Crippen MR) is 83.9 cm³/mol. The molecule has 1 aromatic heterocycles. The van der Waals surface area contributed by atoms with E-state index in [0.717, 1.165) is 0 Å². The molecule has 2 amide bonds. The number of anilines is 1. The number of carbonyl (C=O) groups excluding carboxylic acids is 2. The first-order valence-corrected chi connectivity index (χ1v) is 6.91. The van der Waals surface area contributed by atoms with Crippen LogP contribution >= 0.6 is 0 Å². The monoisotopic (exact) mass is 318 g/mol. The number of rotatable bonds is 6. The lowest BCUT2D eigenvalue weighted by Crippen LogP contribution is -2.18. The number of primary amides is 1.